The lowest BCUT2D eigenvalue weighted by molar-refractivity contribution is -0.116. The molecule has 0 fully saturated rings. The van der Waals surface area contributed by atoms with Crippen LogP contribution >= 0.6 is 15.9 Å². The normalized spacial score (nSPS) is 10.3. The summed E-state index contributed by atoms with van der Waals surface area (Å²) in [6, 6.07) is 8.98. The molecular weight excluding hydrogens is 296 g/mol. The number of anilines is 2. The zero-order chi connectivity index (χ0) is 13.0. The Balaban J connectivity index is 1.88. The van der Waals surface area contributed by atoms with Gasteiger partial charge in [0.15, 0.2) is 0 Å². The molecule has 0 aliphatic rings. The van der Waals surface area contributed by atoms with Crippen LogP contribution < -0.4 is 11.1 Å². The highest BCUT2D eigenvalue weighted by molar-refractivity contribution is 9.10. The summed E-state index contributed by atoms with van der Waals surface area (Å²) in [6.07, 6.45) is 2.57. The number of amides is 1. The number of furan rings is 1. The molecule has 0 aliphatic carbocycles. The van der Waals surface area contributed by atoms with Crippen molar-refractivity contribution in [2.75, 3.05) is 11.1 Å². The molecule has 2 aromatic rings. The minimum Gasteiger partial charge on any atom is -0.469 e. The number of aryl methyl sites for hydroxylation is 1. The van der Waals surface area contributed by atoms with E-state index in [1.165, 1.54) is 0 Å². The highest BCUT2D eigenvalue weighted by Crippen LogP contribution is 2.23. The third-order valence-corrected chi connectivity index (χ3v) is 3.18. The molecule has 0 atom stereocenters. The Labute approximate surface area is 113 Å². The van der Waals surface area contributed by atoms with Crippen molar-refractivity contribution in [1.82, 2.24) is 0 Å². The smallest absolute Gasteiger partial charge is 0.224 e. The molecule has 1 heterocycles. The molecule has 0 bridgehead atoms. The van der Waals surface area contributed by atoms with E-state index in [0.29, 0.717) is 24.2 Å². The molecule has 0 radical (unpaired) electrons. The third-order valence-electron chi connectivity index (χ3n) is 2.46. The standard InChI is InChI=1S/C13H13BrN2O2/c14-11-5-3-9(8-12(11)15)16-13(17)6-4-10-2-1-7-18-10/h1-3,5,7-8H,4,6,15H2,(H,16,17). The van der Waals surface area contributed by atoms with Gasteiger partial charge in [0.25, 0.3) is 0 Å². The van der Waals surface area contributed by atoms with Gasteiger partial charge in [-0.2, -0.15) is 0 Å². The van der Waals surface area contributed by atoms with E-state index in [4.69, 9.17) is 10.2 Å². The van der Waals surface area contributed by atoms with Gasteiger partial charge >= 0.3 is 0 Å². The number of carbonyl (C=O) groups is 1. The lowest BCUT2D eigenvalue weighted by atomic mass is 10.2. The predicted octanol–water partition coefficient (Wildman–Crippen LogP) is 3.20. The van der Waals surface area contributed by atoms with Crippen molar-refractivity contribution in [2.24, 2.45) is 0 Å². The molecule has 0 unspecified atom stereocenters. The molecule has 94 valence electrons. The molecule has 1 amide bonds. The fraction of sp³-hybridized carbons (Fsp3) is 0.154. The maximum absolute atomic E-state index is 11.7. The summed E-state index contributed by atoms with van der Waals surface area (Å²) >= 11 is 3.30. The van der Waals surface area contributed by atoms with Gasteiger partial charge in [0, 0.05) is 28.7 Å². The van der Waals surface area contributed by atoms with Crippen molar-refractivity contribution < 1.29 is 9.21 Å². The molecular formula is C13H13BrN2O2. The zero-order valence-corrected chi connectivity index (χ0v) is 11.2. The Bertz CT molecular complexity index is 538. The molecule has 4 nitrogen and oxygen atoms in total. The number of halogens is 1. The van der Waals surface area contributed by atoms with E-state index in [1.807, 2.05) is 12.1 Å². The Morgan fingerprint density at radius 3 is 2.89 bits per heavy atom. The van der Waals surface area contributed by atoms with Gasteiger partial charge in [-0.3, -0.25) is 4.79 Å². The maximum Gasteiger partial charge on any atom is 0.224 e. The maximum atomic E-state index is 11.7. The fourth-order valence-electron chi connectivity index (χ4n) is 1.54. The number of carbonyl (C=O) groups excluding carboxylic acids is 1. The molecule has 5 heteroatoms. The second-order valence-electron chi connectivity index (χ2n) is 3.86. The first-order valence-electron chi connectivity index (χ1n) is 5.52. The number of benzene rings is 1. The molecule has 3 N–H and O–H groups in total. The molecule has 0 saturated carbocycles. The highest BCUT2D eigenvalue weighted by atomic mass is 79.9. The summed E-state index contributed by atoms with van der Waals surface area (Å²) in [4.78, 5) is 11.7. The number of rotatable bonds is 4. The average Bonchev–Trinajstić information content (AvgIpc) is 2.84. The Morgan fingerprint density at radius 1 is 1.39 bits per heavy atom. The van der Waals surface area contributed by atoms with Crippen LogP contribution in [-0.2, 0) is 11.2 Å². The summed E-state index contributed by atoms with van der Waals surface area (Å²) in [6.45, 7) is 0. The van der Waals surface area contributed by atoms with Gasteiger partial charge in [-0.25, -0.2) is 0 Å². The number of hydrogen-bond acceptors (Lipinski definition) is 3. The Morgan fingerprint density at radius 2 is 2.22 bits per heavy atom. The number of nitrogen functional groups attached to an aromatic ring is 1. The fourth-order valence-corrected chi connectivity index (χ4v) is 1.78. The van der Waals surface area contributed by atoms with Crippen LogP contribution in [0.1, 0.15) is 12.2 Å². The van der Waals surface area contributed by atoms with E-state index < -0.39 is 0 Å². The largest absolute Gasteiger partial charge is 0.469 e. The van der Waals surface area contributed by atoms with Crippen LogP contribution in [0.5, 0.6) is 0 Å². The van der Waals surface area contributed by atoms with E-state index in [9.17, 15) is 4.79 Å². The first kappa shape index (κ1) is 12.7. The van der Waals surface area contributed by atoms with Gasteiger partial charge in [-0.15, -0.1) is 0 Å². The number of nitrogens with one attached hydrogen (secondary N) is 1. The van der Waals surface area contributed by atoms with Crippen molar-refractivity contribution in [3.05, 3.63) is 46.8 Å². The summed E-state index contributed by atoms with van der Waals surface area (Å²) < 4.78 is 5.98. The number of hydrogen-bond donors (Lipinski definition) is 2. The molecule has 1 aromatic heterocycles. The molecule has 1 aromatic carbocycles. The lowest BCUT2D eigenvalue weighted by Gasteiger charge is -2.06. The third kappa shape index (κ3) is 3.37. The lowest BCUT2D eigenvalue weighted by Crippen LogP contribution is -2.12. The Kier molecular flexibility index (Phi) is 4.04. The van der Waals surface area contributed by atoms with Crippen molar-refractivity contribution >= 4 is 33.2 Å². The minimum absolute atomic E-state index is 0.0619. The molecule has 2 rings (SSSR count). The monoisotopic (exact) mass is 308 g/mol. The number of nitrogens with two attached hydrogens (primary N) is 1. The van der Waals surface area contributed by atoms with Crippen molar-refractivity contribution in [1.29, 1.82) is 0 Å². The van der Waals surface area contributed by atoms with Gasteiger partial charge < -0.3 is 15.5 Å². The highest BCUT2D eigenvalue weighted by Gasteiger charge is 2.05. The van der Waals surface area contributed by atoms with Crippen LogP contribution in [0.25, 0.3) is 0 Å². The van der Waals surface area contributed by atoms with Gasteiger partial charge in [-0.1, -0.05) is 0 Å². The molecule has 0 saturated heterocycles. The van der Waals surface area contributed by atoms with Crippen LogP contribution in [0.4, 0.5) is 11.4 Å². The second-order valence-corrected chi connectivity index (χ2v) is 4.72. The van der Waals surface area contributed by atoms with Crippen molar-refractivity contribution in [2.45, 2.75) is 12.8 Å². The minimum atomic E-state index is -0.0619. The van der Waals surface area contributed by atoms with Gasteiger partial charge in [0.05, 0.1) is 6.26 Å². The van der Waals surface area contributed by atoms with E-state index in [2.05, 4.69) is 21.2 Å². The SMILES string of the molecule is Nc1cc(NC(=O)CCc2ccco2)ccc1Br. The van der Waals surface area contributed by atoms with E-state index >= 15 is 0 Å². The van der Waals surface area contributed by atoms with Gasteiger partial charge in [-0.05, 0) is 46.3 Å². The topological polar surface area (TPSA) is 68.3 Å². The van der Waals surface area contributed by atoms with Gasteiger partial charge in [0.1, 0.15) is 5.76 Å². The van der Waals surface area contributed by atoms with E-state index in [1.54, 1.807) is 24.5 Å². The summed E-state index contributed by atoms with van der Waals surface area (Å²) in [5, 5.41) is 2.79. The summed E-state index contributed by atoms with van der Waals surface area (Å²) in [7, 11) is 0. The first-order chi connectivity index (χ1) is 8.65. The Hall–Kier alpha value is -1.75. The first-order valence-corrected chi connectivity index (χ1v) is 6.32. The van der Waals surface area contributed by atoms with E-state index in [0.717, 1.165) is 10.2 Å². The quantitative estimate of drug-likeness (QED) is 0.852. The van der Waals surface area contributed by atoms with E-state index in [-0.39, 0.29) is 5.91 Å². The molecule has 0 aliphatic heterocycles. The molecule has 0 spiro atoms. The van der Waals surface area contributed by atoms with Crippen molar-refractivity contribution in [3.8, 4) is 0 Å². The summed E-state index contributed by atoms with van der Waals surface area (Å²) in [5.41, 5.74) is 7.03. The van der Waals surface area contributed by atoms with Gasteiger partial charge in [0.2, 0.25) is 5.91 Å². The molecule has 18 heavy (non-hydrogen) atoms. The average molecular weight is 309 g/mol. The van der Waals surface area contributed by atoms with Crippen LogP contribution in [0.2, 0.25) is 0 Å². The van der Waals surface area contributed by atoms with Crippen LogP contribution in [0.15, 0.2) is 45.5 Å². The van der Waals surface area contributed by atoms with Crippen LogP contribution in [0, 0.1) is 0 Å². The van der Waals surface area contributed by atoms with Crippen LogP contribution in [-0.4, -0.2) is 5.91 Å². The second kappa shape index (κ2) is 5.73. The summed E-state index contributed by atoms with van der Waals surface area (Å²) in [5.74, 6) is 0.744. The van der Waals surface area contributed by atoms with Crippen LogP contribution in [0.3, 0.4) is 0 Å². The van der Waals surface area contributed by atoms with Crippen molar-refractivity contribution in [3.63, 3.8) is 0 Å². The predicted molar refractivity (Wildman–Crippen MR) is 74.2 cm³/mol. The zero-order valence-electron chi connectivity index (χ0n) is 9.65.